The van der Waals surface area contributed by atoms with Crippen LogP contribution in [0.5, 0.6) is 0 Å². The molecule has 4 atom stereocenters. The van der Waals surface area contributed by atoms with E-state index >= 15 is 0 Å². The first-order chi connectivity index (χ1) is 16.0. The molecule has 4 fully saturated rings. The molecule has 1 spiro atoms. The normalized spacial score (nSPS) is 27.8. The van der Waals surface area contributed by atoms with Crippen LogP contribution >= 0.6 is 0 Å². The number of amides is 3. The lowest BCUT2D eigenvalue weighted by Gasteiger charge is -2.34. The largest absolute Gasteiger partial charge is 0.522 e. The first-order valence-corrected chi connectivity index (χ1v) is 11.8. The fraction of sp³-hybridized carbons (Fsp3) is 0.818. The average Bonchev–Trinajstić information content (AvgIpc) is 3.18. The van der Waals surface area contributed by atoms with E-state index in [2.05, 4.69) is 15.4 Å². The number of hydrogen-bond acceptors (Lipinski definition) is 6. The summed E-state index contributed by atoms with van der Waals surface area (Å²) in [5, 5.41) is 15.6. The van der Waals surface area contributed by atoms with Crippen molar-refractivity contribution < 1.29 is 42.2 Å². The molecule has 2 aliphatic heterocycles. The lowest BCUT2D eigenvalue weighted by molar-refractivity contribution is -0.321. The van der Waals surface area contributed by atoms with Crippen molar-refractivity contribution in [2.45, 2.75) is 75.9 Å². The van der Waals surface area contributed by atoms with Crippen LogP contribution in [0.25, 0.3) is 0 Å². The Bertz CT molecular complexity index is 842. The summed E-state index contributed by atoms with van der Waals surface area (Å²) in [6.07, 6.45) is -1.53. The minimum absolute atomic E-state index is 0.137. The third-order valence-electron chi connectivity index (χ3n) is 7.67. The van der Waals surface area contributed by atoms with Crippen LogP contribution in [0, 0.1) is 17.3 Å². The van der Waals surface area contributed by atoms with Gasteiger partial charge in [-0.15, -0.1) is 13.2 Å². The molecule has 0 radical (unpaired) electrons. The van der Waals surface area contributed by atoms with Gasteiger partial charge >= 0.3 is 6.36 Å². The summed E-state index contributed by atoms with van der Waals surface area (Å²) >= 11 is 0. The fourth-order valence-electron chi connectivity index (χ4n) is 5.14. The highest BCUT2D eigenvalue weighted by Crippen LogP contribution is 2.55. The molecule has 9 nitrogen and oxygen atoms in total. The Balaban J connectivity index is 1.46. The SMILES string of the molecule is O=C1NCC[C@H]1C[C@H](NC(=O)[C@@H]1CC2(CC2)CN1C(=O)[C@H](O)C1CCC1)C(=O)COC(F)(F)F. The lowest BCUT2D eigenvalue weighted by Crippen LogP contribution is -2.54. The van der Waals surface area contributed by atoms with Crippen molar-refractivity contribution in [1.29, 1.82) is 0 Å². The van der Waals surface area contributed by atoms with Crippen LogP contribution in [0.1, 0.15) is 51.4 Å². The van der Waals surface area contributed by atoms with E-state index in [0.29, 0.717) is 25.9 Å². The molecule has 0 bridgehead atoms. The third-order valence-corrected chi connectivity index (χ3v) is 7.67. The van der Waals surface area contributed by atoms with Gasteiger partial charge in [-0.2, -0.15) is 0 Å². The Morgan fingerprint density at radius 2 is 1.94 bits per heavy atom. The van der Waals surface area contributed by atoms with Gasteiger partial charge in [0, 0.05) is 19.0 Å². The number of ether oxygens (including phenoxy) is 1. The number of aliphatic hydroxyl groups excluding tert-OH is 1. The molecule has 2 aliphatic carbocycles. The Labute approximate surface area is 194 Å². The van der Waals surface area contributed by atoms with Crippen LogP contribution in [0.2, 0.25) is 0 Å². The number of nitrogens with zero attached hydrogens (tertiary/aromatic N) is 1. The number of ketones is 1. The summed E-state index contributed by atoms with van der Waals surface area (Å²) in [5.41, 5.74) is -0.193. The summed E-state index contributed by atoms with van der Waals surface area (Å²) in [4.78, 5) is 52.1. The summed E-state index contributed by atoms with van der Waals surface area (Å²) in [6, 6.07) is -2.30. The Morgan fingerprint density at radius 1 is 1.24 bits per heavy atom. The molecule has 190 valence electrons. The average molecular weight is 489 g/mol. The van der Waals surface area contributed by atoms with Crippen LogP contribution < -0.4 is 10.6 Å². The number of halogens is 3. The van der Waals surface area contributed by atoms with Crippen LogP contribution in [0.4, 0.5) is 13.2 Å². The van der Waals surface area contributed by atoms with E-state index in [1.54, 1.807) is 0 Å². The third kappa shape index (κ3) is 5.54. The Hall–Kier alpha value is -2.21. The topological polar surface area (TPSA) is 125 Å². The summed E-state index contributed by atoms with van der Waals surface area (Å²) in [6.45, 7) is -0.584. The van der Waals surface area contributed by atoms with E-state index in [1.165, 1.54) is 4.90 Å². The monoisotopic (exact) mass is 489 g/mol. The number of aliphatic hydroxyl groups is 1. The predicted molar refractivity (Wildman–Crippen MR) is 110 cm³/mol. The molecule has 0 aromatic carbocycles. The highest BCUT2D eigenvalue weighted by atomic mass is 19.4. The van der Waals surface area contributed by atoms with Gasteiger partial charge in [0.2, 0.25) is 11.8 Å². The first kappa shape index (κ1) is 24.9. The maximum atomic E-state index is 13.2. The number of nitrogens with one attached hydrogen (secondary N) is 2. The minimum atomic E-state index is -5.01. The molecular weight excluding hydrogens is 459 g/mol. The zero-order valence-corrected chi connectivity index (χ0v) is 18.7. The predicted octanol–water partition coefficient (Wildman–Crippen LogP) is 0.645. The molecule has 4 aliphatic rings. The van der Waals surface area contributed by atoms with Gasteiger partial charge in [-0.1, -0.05) is 6.42 Å². The van der Waals surface area contributed by atoms with Gasteiger partial charge in [0.25, 0.3) is 5.91 Å². The molecule has 2 saturated heterocycles. The highest BCUT2D eigenvalue weighted by Gasteiger charge is 2.56. The first-order valence-electron chi connectivity index (χ1n) is 11.8. The van der Waals surface area contributed by atoms with E-state index in [1.807, 2.05) is 0 Å². The van der Waals surface area contributed by atoms with Crippen LogP contribution in [-0.2, 0) is 23.9 Å². The molecule has 2 heterocycles. The number of carbonyl (C=O) groups is 4. The van der Waals surface area contributed by atoms with Crippen molar-refractivity contribution in [3.05, 3.63) is 0 Å². The molecule has 0 unspecified atom stereocenters. The van der Waals surface area contributed by atoms with Gasteiger partial charge in [-0.05, 0) is 56.3 Å². The van der Waals surface area contributed by atoms with E-state index in [9.17, 15) is 37.5 Å². The second-order valence-corrected chi connectivity index (χ2v) is 10.1. The molecule has 3 N–H and O–H groups in total. The Morgan fingerprint density at radius 3 is 2.47 bits per heavy atom. The molecule has 0 aromatic heterocycles. The summed E-state index contributed by atoms with van der Waals surface area (Å²) in [7, 11) is 0. The van der Waals surface area contributed by atoms with Crippen LogP contribution in [-0.4, -0.2) is 77.8 Å². The fourth-order valence-corrected chi connectivity index (χ4v) is 5.14. The molecule has 12 heteroatoms. The van der Waals surface area contributed by atoms with Crippen molar-refractivity contribution in [1.82, 2.24) is 15.5 Å². The van der Waals surface area contributed by atoms with E-state index in [4.69, 9.17) is 0 Å². The van der Waals surface area contributed by atoms with Crippen LogP contribution in [0.3, 0.4) is 0 Å². The molecule has 0 aromatic rings. The second-order valence-electron chi connectivity index (χ2n) is 10.1. The van der Waals surface area contributed by atoms with Crippen molar-refractivity contribution >= 4 is 23.5 Å². The zero-order chi connectivity index (χ0) is 24.7. The van der Waals surface area contributed by atoms with Crippen molar-refractivity contribution in [3.63, 3.8) is 0 Å². The maximum Gasteiger partial charge on any atom is 0.522 e. The molecule has 34 heavy (non-hydrogen) atoms. The summed E-state index contributed by atoms with van der Waals surface area (Å²) in [5.74, 6) is -3.29. The smallest absolute Gasteiger partial charge is 0.383 e. The van der Waals surface area contributed by atoms with E-state index in [-0.39, 0.29) is 23.7 Å². The van der Waals surface area contributed by atoms with E-state index < -0.39 is 54.7 Å². The standard InChI is InChI=1S/C22H30F3N3O6/c23-22(24,25)34-10-16(29)14(8-13-4-7-26-18(13)31)27-19(32)15-9-21(5-6-21)11-28(15)20(33)17(30)12-2-1-3-12/h12-15,17,30H,1-11H2,(H,26,31)(H,27,32)/t13-,14-,15-,17+/m0/s1. The number of rotatable bonds is 9. The molecule has 3 amide bonds. The van der Waals surface area contributed by atoms with Crippen LogP contribution in [0.15, 0.2) is 0 Å². The van der Waals surface area contributed by atoms with Gasteiger partial charge in [-0.3, -0.25) is 23.9 Å². The molecule has 2 saturated carbocycles. The number of Topliss-reactive ketones (excluding diaryl/α,β-unsaturated/α-hetero) is 1. The van der Waals surface area contributed by atoms with E-state index in [0.717, 1.165) is 32.1 Å². The molecule has 4 rings (SSSR count). The van der Waals surface area contributed by atoms with Gasteiger partial charge < -0.3 is 20.6 Å². The lowest BCUT2D eigenvalue weighted by atomic mass is 9.80. The van der Waals surface area contributed by atoms with Gasteiger partial charge in [-0.25, -0.2) is 0 Å². The number of alkyl halides is 3. The Kier molecular flexibility index (Phi) is 6.92. The molecular formula is C22H30F3N3O6. The second kappa shape index (κ2) is 9.44. The summed E-state index contributed by atoms with van der Waals surface area (Å²) < 4.78 is 41.1. The van der Waals surface area contributed by atoms with Gasteiger partial charge in [0.1, 0.15) is 18.8 Å². The quantitative estimate of drug-likeness (QED) is 0.437. The van der Waals surface area contributed by atoms with Gasteiger partial charge in [0.05, 0.1) is 6.04 Å². The number of hydrogen-bond donors (Lipinski definition) is 3. The minimum Gasteiger partial charge on any atom is -0.383 e. The van der Waals surface area contributed by atoms with Gasteiger partial charge in [0.15, 0.2) is 5.78 Å². The number of carbonyl (C=O) groups excluding carboxylic acids is 4. The maximum absolute atomic E-state index is 13.2. The zero-order valence-electron chi connectivity index (χ0n) is 18.7. The van der Waals surface area contributed by atoms with Crippen molar-refractivity contribution in [2.24, 2.45) is 17.3 Å². The van der Waals surface area contributed by atoms with Crippen molar-refractivity contribution in [3.8, 4) is 0 Å². The van der Waals surface area contributed by atoms with Crippen molar-refractivity contribution in [2.75, 3.05) is 19.7 Å². The number of likely N-dealkylation sites (tertiary alicyclic amines) is 1. The highest BCUT2D eigenvalue weighted by molar-refractivity contribution is 5.95.